The van der Waals surface area contributed by atoms with Crippen molar-refractivity contribution in [3.8, 4) is 0 Å². The molecule has 0 bridgehead atoms. The molecule has 3 atom stereocenters. The van der Waals surface area contributed by atoms with Gasteiger partial charge < -0.3 is 10.4 Å². The Morgan fingerprint density at radius 1 is 1.41 bits per heavy atom. The molecule has 0 aromatic heterocycles. The number of rotatable bonds is 5. The molecule has 1 aliphatic carbocycles. The van der Waals surface area contributed by atoms with Crippen LogP contribution in [0.5, 0.6) is 0 Å². The molecule has 17 heavy (non-hydrogen) atoms. The molecular formula is C14H27NO2. The van der Waals surface area contributed by atoms with E-state index >= 15 is 0 Å². The normalized spacial score (nSPS) is 29.4. The molecule has 1 rings (SSSR count). The molecule has 0 radical (unpaired) electrons. The maximum atomic E-state index is 12.1. The molecule has 0 aromatic rings. The zero-order valence-corrected chi connectivity index (χ0v) is 11.4. The first kappa shape index (κ1) is 14.5. The van der Waals surface area contributed by atoms with Gasteiger partial charge in [0.15, 0.2) is 0 Å². The molecule has 0 spiro atoms. The molecule has 1 saturated carbocycles. The van der Waals surface area contributed by atoms with Crippen LogP contribution in [0, 0.1) is 23.7 Å². The Morgan fingerprint density at radius 3 is 2.71 bits per heavy atom. The monoisotopic (exact) mass is 241 g/mol. The van der Waals surface area contributed by atoms with Gasteiger partial charge in [-0.1, -0.05) is 27.2 Å². The Kier molecular flexibility index (Phi) is 5.96. The van der Waals surface area contributed by atoms with Crippen molar-refractivity contribution in [3.05, 3.63) is 0 Å². The number of aliphatic hydroxyl groups is 1. The second-order valence-corrected chi connectivity index (χ2v) is 5.80. The van der Waals surface area contributed by atoms with Crippen LogP contribution in [-0.4, -0.2) is 24.2 Å². The quantitative estimate of drug-likeness (QED) is 0.725. The van der Waals surface area contributed by atoms with Crippen LogP contribution in [0.2, 0.25) is 0 Å². The minimum Gasteiger partial charge on any atom is -0.396 e. The van der Waals surface area contributed by atoms with Crippen molar-refractivity contribution in [3.63, 3.8) is 0 Å². The van der Waals surface area contributed by atoms with Gasteiger partial charge in [0.05, 0.1) is 0 Å². The van der Waals surface area contributed by atoms with E-state index in [9.17, 15) is 4.79 Å². The van der Waals surface area contributed by atoms with Crippen LogP contribution < -0.4 is 5.32 Å². The maximum Gasteiger partial charge on any atom is 0.223 e. The zero-order valence-electron chi connectivity index (χ0n) is 11.4. The average molecular weight is 241 g/mol. The van der Waals surface area contributed by atoms with Gasteiger partial charge in [0.1, 0.15) is 0 Å². The van der Waals surface area contributed by atoms with Crippen molar-refractivity contribution in [2.75, 3.05) is 13.2 Å². The maximum absolute atomic E-state index is 12.1. The number of aliphatic hydroxyl groups excluding tert-OH is 1. The van der Waals surface area contributed by atoms with Gasteiger partial charge in [0.2, 0.25) is 5.91 Å². The minimum absolute atomic E-state index is 0.148. The van der Waals surface area contributed by atoms with Crippen LogP contribution in [0.4, 0.5) is 0 Å². The van der Waals surface area contributed by atoms with Gasteiger partial charge in [-0.25, -0.2) is 0 Å². The summed E-state index contributed by atoms with van der Waals surface area (Å²) >= 11 is 0. The van der Waals surface area contributed by atoms with Gasteiger partial charge in [-0.15, -0.1) is 0 Å². The van der Waals surface area contributed by atoms with Crippen molar-refractivity contribution in [2.45, 2.75) is 46.5 Å². The zero-order chi connectivity index (χ0) is 12.8. The molecule has 0 aliphatic heterocycles. The largest absolute Gasteiger partial charge is 0.396 e. The molecule has 100 valence electrons. The Labute approximate surface area is 105 Å². The van der Waals surface area contributed by atoms with E-state index in [1.165, 1.54) is 12.8 Å². The first-order valence-corrected chi connectivity index (χ1v) is 6.94. The van der Waals surface area contributed by atoms with Gasteiger partial charge >= 0.3 is 0 Å². The lowest BCUT2D eigenvalue weighted by Crippen LogP contribution is -2.40. The fraction of sp³-hybridized carbons (Fsp3) is 0.929. The van der Waals surface area contributed by atoms with Crippen molar-refractivity contribution >= 4 is 5.91 Å². The van der Waals surface area contributed by atoms with E-state index in [2.05, 4.69) is 26.1 Å². The number of nitrogens with one attached hydrogen (secondary N) is 1. The summed E-state index contributed by atoms with van der Waals surface area (Å²) in [6, 6.07) is 0. The second kappa shape index (κ2) is 7.00. The third kappa shape index (κ3) is 4.30. The number of carbonyl (C=O) groups is 1. The van der Waals surface area contributed by atoms with Gasteiger partial charge in [-0.3, -0.25) is 4.79 Å². The Hall–Kier alpha value is -0.570. The lowest BCUT2D eigenvalue weighted by molar-refractivity contribution is -0.129. The topological polar surface area (TPSA) is 49.3 Å². The number of hydrogen-bond acceptors (Lipinski definition) is 2. The number of hydrogen-bond donors (Lipinski definition) is 2. The number of amides is 1. The smallest absolute Gasteiger partial charge is 0.223 e. The summed E-state index contributed by atoms with van der Waals surface area (Å²) < 4.78 is 0. The highest BCUT2D eigenvalue weighted by molar-refractivity contribution is 5.79. The fourth-order valence-electron chi connectivity index (χ4n) is 2.93. The number of carbonyl (C=O) groups excluding carboxylic acids is 1. The molecule has 1 aliphatic rings. The third-order valence-corrected chi connectivity index (χ3v) is 3.99. The van der Waals surface area contributed by atoms with E-state index in [0.717, 1.165) is 6.42 Å². The highest BCUT2D eigenvalue weighted by Gasteiger charge is 2.34. The predicted octanol–water partition coefficient (Wildman–Crippen LogP) is 2.19. The molecule has 1 amide bonds. The molecular weight excluding hydrogens is 214 g/mol. The van der Waals surface area contributed by atoms with E-state index in [-0.39, 0.29) is 18.4 Å². The van der Waals surface area contributed by atoms with E-state index in [1.54, 1.807) is 0 Å². The van der Waals surface area contributed by atoms with E-state index < -0.39 is 0 Å². The first-order chi connectivity index (χ1) is 8.06. The van der Waals surface area contributed by atoms with Gasteiger partial charge in [-0.2, -0.15) is 0 Å². The van der Waals surface area contributed by atoms with Gasteiger partial charge in [0.25, 0.3) is 0 Å². The lowest BCUT2D eigenvalue weighted by atomic mass is 9.70. The van der Waals surface area contributed by atoms with Crippen molar-refractivity contribution in [1.82, 2.24) is 5.32 Å². The summed E-state index contributed by atoms with van der Waals surface area (Å²) in [5.74, 6) is 2.15. The summed E-state index contributed by atoms with van der Waals surface area (Å²) in [5, 5.41) is 11.7. The SMILES string of the molecule is CC(C)[C@@H]1CC[C@@H](C)C[C@@H]1C(=O)NCCCO. The predicted molar refractivity (Wildman–Crippen MR) is 69.5 cm³/mol. The molecule has 1 fully saturated rings. The van der Waals surface area contributed by atoms with Crippen molar-refractivity contribution in [1.29, 1.82) is 0 Å². The summed E-state index contributed by atoms with van der Waals surface area (Å²) in [4.78, 5) is 12.1. The molecule has 0 unspecified atom stereocenters. The molecule has 2 N–H and O–H groups in total. The average Bonchev–Trinajstić information content (AvgIpc) is 2.28. The van der Waals surface area contributed by atoms with Crippen LogP contribution >= 0.6 is 0 Å². The Balaban J connectivity index is 2.53. The van der Waals surface area contributed by atoms with E-state index in [0.29, 0.717) is 30.7 Å². The molecule has 0 heterocycles. The molecule has 0 aromatic carbocycles. The van der Waals surface area contributed by atoms with Crippen LogP contribution in [0.25, 0.3) is 0 Å². The Bertz CT molecular complexity index is 240. The van der Waals surface area contributed by atoms with E-state index in [4.69, 9.17) is 5.11 Å². The third-order valence-electron chi connectivity index (χ3n) is 3.99. The van der Waals surface area contributed by atoms with Crippen LogP contribution in [0.3, 0.4) is 0 Å². The molecule has 3 nitrogen and oxygen atoms in total. The van der Waals surface area contributed by atoms with Crippen molar-refractivity contribution < 1.29 is 9.90 Å². The first-order valence-electron chi connectivity index (χ1n) is 6.94. The van der Waals surface area contributed by atoms with Crippen LogP contribution in [-0.2, 0) is 4.79 Å². The standard InChI is InChI=1S/C14H27NO2/c1-10(2)12-6-5-11(3)9-13(12)14(17)15-7-4-8-16/h10-13,16H,4-9H2,1-3H3,(H,15,17)/t11-,12+,13+/m1/s1. The summed E-state index contributed by atoms with van der Waals surface area (Å²) in [5.41, 5.74) is 0. The minimum atomic E-state index is 0.148. The van der Waals surface area contributed by atoms with E-state index in [1.807, 2.05) is 0 Å². The summed E-state index contributed by atoms with van der Waals surface area (Å²) in [7, 11) is 0. The molecule has 0 saturated heterocycles. The lowest BCUT2D eigenvalue weighted by Gasteiger charge is -2.36. The van der Waals surface area contributed by atoms with Crippen molar-refractivity contribution in [2.24, 2.45) is 23.7 Å². The van der Waals surface area contributed by atoms with Gasteiger partial charge in [0, 0.05) is 19.1 Å². The van der Waals surface area contributed by atoms with Crippen LogP contribution in [0.1, 0.15) is 46.5 Å². The second-order valence-electron chi connectivity index (χ2n) is 5.80. The Morgan fingerprint density at radius 2 is 2.12 bits per heavy atom. The van der Waals surface area contributed by atoms with Crippen LogP contribution in [0.15, 0.2) is 0 Å². The summed E-state index contributed by atoms with van der Waals surface area (Å²) in [6.45, 7) is 7.42. The fourth-order valence-corrected chi connectivity index (χ4v) is 2.93. The highest BCUT2D eigenvalue weighted by atomic mass is 16.3. The summed E-state index contributed by atoms with van der Waals surface area (Å²) in [6.07, 6.45) is 4.11. The highest BCUT2D eigenvalue weighted by Crippen LogP contribution is 2.37. The van der Waals surface area contributed by atoms with Gasteiger partial charge in [-0.05, 0) is 37.0 Å². The molecule has 3 heteroatoms.